The van der Waals surface area contributed by atoms with Gasteiger partial charge in [-0.2, -0.15) is 0 Å². The number of ether oxygens (including phenoxy) is 2. The van der Waals surface area contributed by atoms with E-state index in [9.17, 15) is 15.0 Å². The van der Waals surface area contributed by atoms with Crippen molar-refractivity contribution in [2.24, 2.45) is 0 Å². The first kappa shape index (κ1) is 11.4. The number of carbonyl (C=O) groups is 1. The van der Waals surface area contributed by atoms with Crippen LogP contribution in [0.3, 0.4) is 0 Å². The molecule has 0 radical (unpaired) electrons. The summed E-state index contributed by atoms with van der Waals surface area (Å²) in [6.45, 7) is 0.782. The van der Waals surface area contributed by atoms with Crippen LogP contribution in [0.5, 0.6) is 0 Å². The normalized spacial score (nSPS) is 38.0. The van der Waals surface area contributed by atoms with Crippen LogP contribution >= 0.6 is 0 Å². The second-order valence-electron chi connectivity index (χ2n) is 3.19. The topological polar surface area (TPSA) is 96.2 Å². The van der Waals surface area contributed by atoms with Gasteiger partial charge in [-0.3, -0.25) is 4.79 Å². The molecule has 1 fully saturated rings. The Bertz CT molecular complexity index is 206. The van der Waals surface area contributed by atoms with E-state index in [1.807, 2.05) is 0 Å². The largest absolute Gasteiger partial charge is 0.436 e. The molecule has 1 aliphatic heterocycles. The quantitative estimate of drug-likeness (QED) is 0.470. The zero-order chi connectivity index (χ0) is 10.7. The molecule has 0 saturated carbocycles. The maximum atomic E-state index is 10.6. The first-order chi connectivity index (χ1) is 6.54. The van der Waals surface area contributed by atoms with Crippen LogP contribution < -0.4 is 0 Å². The smallest absolute Gasteiger partial charge is 0.304 e. The fraction of sp³-hybridized carbons (Fsp3) is 0.875. The van der Waals surface area contributed by atoms with Crippen LogP contribution in [-0.2, 0) is 14.3 Å². The molecule has 0 aliphatic carbocycles. The van der Waals surface area contributed by atoms with Gasteiger partial charge in [-0.25, -0.2) is 0 Å². The average molecular weight is 206 g/mol. The summed E-state index contributed by atoms with van der Waals surface area (Å²) in [5.41, 5.74) is 0. The van der Waals surface area contributed by atoms with Crippen LogP contribution in [0.25, 0.3) is 0 Å². The standard InChI is InChI=1S/C8H14O6/c1-4(10)13-7-2-5(11)8(12)6(3-9)14-7/h5-9,11-12H,2-3H2,1H3/t5-,6-,7?,8+/m1/s1. The van der Waals surface area contributed by atoms with E-state index < -0.39 is 37.2 Å². The zero-order valence-corrected chi connectivity index (χ0v) is 7.79. The van der Waals surface area contributed by atoms with Gasteiger partial charge < -0.3 is 24.8 Å². The molecule has 0 aromatic carbocycles. The number of aliphatic hydroxyl groups is 3. The molecule has 1 saturated heterocycles. The molecule has 6 heteroatoms. The van der Waals surface area contributed by atoms with Crippen molar-refractivity contribution in [3.63, 3.8) is 0 Å². The van der Waals surface area contributed by atoms with Gasteiger partial charge in [-0.1, -0.05) is 0 Å². The number of carbonyl (C=O) groups excluding carboxylic acids is 1. The third-order valence-corrected chi connectivity index (χ3v) is 2.01. The minimum atomic E-state index is -1.15. The lowest BCUT2D eigenvalue weighted by Crippen LogP contribution is -2.50. The molecule has 0 aromatic rings. The first-order valence-electron chi connectivity index (χ1n) is 4.34. The molecule has 6 nitrogen and oxygen atoms in total. The molecule has 3 N–H and O–H groups in total. The maximum Gasteiger partial charge on any atom is 0.304 e. The highest BCUT2D eigenvalue weighted by atomic mass is 16.7. The van der Waals surface area contributed by atoms with Gasteiger partial charge in [0, 0.05) is 13.3 Å². The summed E-state index contributed by atoms with van der Waals surface area (Å²) in [6, 6.07) is 0. The summed E-state index contributed by atoms with van der Waals surface area (Å²) in [6.07, 6.45) is -4.00. The summed E-state index contributed by atoms with van der Waals surface area (Å²) in [4.78, 5) is 10.6. The third kappa shape index (κ3) is 2.65. The first-order valence-corrected chi connectivity index (χ1v) is 4.34. The van der Waals surface area contributed by atoms with Crippen LogP contribution in [0.1, 0.15) is 13.3 Å². The number of aliphatic hydroxyl groups excluding tert-OH is 3. The molecule has 82 valence electrons. The van der Waals surface area contributed by atoms with Crippen molar-refractivity contribution in [1.29, 1.82) is 0 Å². The minimum absolute atomic E-state index is 0.0112. The summed E-state index contributed by atoms with van der Waals surface area (Å²) in [5.74, 6) is -0.532. The molecule has 1 unspecified atom stereocenters. The Hall–Kier alpha value is -0.690. The van der Waals surface area contributed by atoms with Gasteiger partial charge in [0.05, 0.1) is 12.7 Å². The van der Waals surface area contributed by atoms with Crippen LogP contribution in [0, 0.1) is 0 Å². The summed E-state index contributed by atoms with van der Waals surface area (Å²) >= 11 is 0. The Kier molecular flexibility index (Phi) is 3.82. The minimum Gasteiger partial charge on any atom is -0.436 e. The monoisotopic (exact) mass is 206 g/mol. The SMILES string of the molecule is CC(=O)OC1C[C@@H](O)[C@H](O)[C@@H](CO)O1. The van der Waals surface area contributed by atoms with Gasteiger partial charge in [0.25, 0.3) is 0 Å². The molecule has 1 heterocycles. The highest BCUT2D eigenvalue weighted by Gasteiger charge is 2.37. The molecule has 0 spiro atoms. The summed E-state index contributed by atoms with van der Waals surface area (Å²) in [5, 5.41) is 27.4. The van der Waals surface area contributed by atoms with Gasteiger partial charge >= 0.3 is 5.97 Å². The molecular weight excluding hydrogens is 192 g/mol. The Morgan fingerprint density at radius 2 is 2.21 bits per heavy atom. The number of rotatable bonds is 2. The lowest BCUT2D eigenvalue weighted by atomic mass is 10.0. The highest BCUT2D eigenvalue weighted by Crippen LogP contribution is 2.20. The number of hydrogen-bond donors (Lipinski definition) is 3. The van der Waals surface area contributed by atoms with E-state index in [0.29, 0.717) is 0 Å². The van der Waals surface area contributed by atoms with Crippen LogP contribution in [0.2, 0.25) is 0 Å². The molecule has 0 aromatic heterocycles. The Morgan fingerprint density at radius 1 is 1.57 bits per heavy atom. The molecule has 14 heavy (non-hydrogen) atoms. The molecule has 4 atom stereocenters. The summed E-state index contributed by atoms with van der Waals surface area (Å²) in [7, 11) is 0. The zero-order valence-electron chi connectivity index (χ0n) is 7.79. The Morgan fingerprint density at radius 3 is 2.71 bits per heavy atom. The van der Waals surface area contributed by atoms with Gasteiger partial charge in [-0.05, 0) is 0 Å². The van der Waals surface area contributed by atoms with Crippen molar-refractivity contribution in [3.8, 4) is 0 Å². The van der Waals surface area contributed by atoms with Gasteiger partial charge in [0.15, 0.2) is 0 Å². The number of hydrogen-bond acceptors (Lipinski definition) is 6. The predicted molar refractivity (Wildman–Crippen MR) is 44.1 cm³/mol. The second kappa shape index (κ2) is 4.70. The van der Waals surface area contributed by atoms with Crippen molar-refractivity contribution < 1.29 is 29.6 Å². The predicted octanol–water partition coefficient (Wildman–Crippen LogP) is -1.62. The molecule has 0 bridgehead atoms. The lowest BCUT2D eigenvalue weighted by Gasteiger charge is -2.35. The third-order valence-electron chi connectivity index (χ3n) is 2.01. The molecule has 1 aliphatic rings. The van der Waals surface area contributed by atoms with E-state index >= 15 is 0 Å². The van der Waals surface area contributed by atoms with Crippen molar-refractivity contribution in [2.75, 3.05) is 6.61 Å². The molecule has 0 amide bonds. The van der Waals surface area contributed by atoms with E-state index in [-0.39, 0.29) is 6.42 Å². The van der Waals surface area contributed by atoms with E-state index in [1.165, 1.54) is 6.92 Å². The fourth-order valence-corrected chi connectivity index (χ4v) is 1.33. The van der Waals surface area contributed by atoms with Gasteiger partial charge in [-0.15, -0.1) is 0 Å². The maximum absolute atomic E-state index is 10.6. The Labute approximate surface area is 81.1 Å². The van der Waals surface area contributed by atoms with Crippen molar-refractivity contribution in [1.82, 2.24) is 0 Å². The number of esters is 1. The average Bonchev–Trinajstić information content (AvgIpc) is 2.10. The van der Waals surface area contributed by atoms with Crippen LogP contribution in [-0.4, -0.2) is 52.5 Å². The second-order valence-corrected chi connectivity index (χ2v) is 3.19. The van der Waals surface area contributed by atoms with Crippen molar-refractivity contribution in [2.45, 2.75) is 37.9 Å². The van der Waals surface area contributed by atoms with E-state index in [2.05, 4.69) is 0 Å². The van der Waals surface area contributed by atoms with Crippen LogP contribution in [0.4, 0.5) is 0 Å². The van der Waals surface area contributed by atoms with Crippen molar-refractivity contribution >= 4 is 5.97 Å². The fourth-order valence-electron chi connectivity index (χ4n) is 1.33. The van der Waals surface area contributed by atoms with E-state index in [0.717, 1.165) is 0 Å². The van der Waals surface area contributed by atoms with Crippen molar-refractivity contribution in [3.05, 3.63) is 0 Å². The lowest BCUT2D eigenvalue weighted by molar-refractivity contribution is -0.250. The van der Waals surface area contributed by atoms with Gasteiger partial charge in [0.2, 0.25) is 6.29 Å². The molecular formula is C8H14O6. The summed E-state index contributed by atoms with van der Waals surface area (Å²) < 4.78 is 9.72. The van der Waals surface area contributed by atoms with Gasteiger partial charge in [0.1, 0.15) is 12.2 Å². The Balaban J connectivity index is 2.53. The van der Waals surface area contributed by atoms with E-state index in [4.69, 9.17) is 14.6 Å². The van der Waals surface area contributed by atoms with Crippen LogP contribution in [0.15, 0.2) is 0 Å². The van der Waals surface area contributed by atoms with E-state index in [1.54, 1.807) is 0 Å². The molecule has 1 rings (SSSR count). The highest BCUT2D eigenvalue weighted by molar-refractivity contribution is 5.66.